The summed E-state index contributed by atoms with van der Waals surface area (Å²) in [5.41, 5.74) is 0.993. The number of carbonyl (C=O) groups is 1. The van der Waals surface area contributed by atoms with E-state index in [0.29, 0.717) is 18.0 Å². The topological polar surface area (TPSA) is 50.4 Å². The number of nitrogens with one attached hydrogen (secondary N) is 2. The fraction of sp³-hybridized carbons (Fsp3) is 0.500. The largest absolute Gasteiger partial charge is 0.480 e. The van der Waals surface area contributed by atoms with Crippen molar-refractivity contribution in [1.82, 2.24) is 10.6 Å². The Bertz CT molecular complexity index is 465. The molecule has 2 N–H and O–H groups in total. The third-order valence-corrected chi connectivity index (χ3v) is 3.36. The quantitative estimate of drug-likeness (QED) is 0.865. The van der Waals surface area contributed by atoms with Crippen molar-refractivity contribution in [3.8, 4) is 5.75 Å². The molecule has 1 amide bonds. The Morgan fingerprint density at radius 1 is 1.58 bits per heavy atom. The van der Waals surface area contributed by atoms with Gasteiger partial charge in [0.1, 0.15) is 5.75 Å². The summed E-state index contributed by atoms with van der Waals surface area (Å²) in [6.07, 6.45) is 0.138. The van der Waals surface area contributed by atoms with E-state index in [0.717, 1.165) is 17.9 Å². The number of benzene rings is 1. The molecule has 104 valence electrons. The predicted molar refractivity (Wildman–Crippen MR) is 75.7 cm³/mol. The van der Waals surface area contributed by atoms with Gasteiger partial charge < -0.3 is 15.4 Å². The molecule has 1 unspecified atom stereocenters. The summed E-state index contributed by atoms with van der Waals surface area (Å²) in [5.74, 6) is 0.682. The predicted octanol–water partition coefficient (Wildman–Crippen LogP) is 1.76. The molecule has 0 fully saturated rings. The highest BCUT2D eigenvalue weighted by molar-refractivity contribution is 6.30. The number of ether oxygens (including phenoxy) is 1. The maximum Gasteiger partial charge on any atom is 0.261 e. The first-order valence-corrected chi connectivity index (χ1v) is 6.94. The van der Waals surface area contributed by atoms with E-state index in [-0.39, 0.29) is 11.9 Å². The summed E-state index contributed by atoms with van der Waals surface area (Å²) in [7, 11) is 0. The molecule has 1 aliphatic rings. The van der Waals surface area contributed by atoms with Gasteiger partial charge in [-0.3, -0.25) is 4.79 Å². The second-order valence-corrected chi connectivity index (χ2v) is 5.20. The fourth-order valence-corrected chi connectivity index (χ4v) is 2.35. The van der Waals surface area contributed by atoms with Gasteiger partial charge in [0.2, 0.25) is 0 Å². The third kappa shape index (κ3) is 3.61. The van der Waals surface area contributed by atoms with Crippen LogP contribution in [0.4, 0.5) is 0 Å². The summed E-state index contributed by atoms with van der Waals surface area (Å²) >= 11 is 5.92. The molecule has 0 saturated carbocycles. The van der Waals surface area contributed by atoms with Crippen molar-refractivity contribution in [3.05, 3.63) is 28.8 Å². The molecule has 1 aromatic carbocycles. The van der Waals surface area contributed by atoms with Gasteiger partial charge in [0.05, 0.1) is 0 Å². The summed E-state index contributed by atoms with van der Waals surface area (Å²) in [6, 6.07) is 5.69. The average molecular weight is 283 g/mol. The van der Waals surface area contributed by atoms with Crippen LogP contribution in [0.25, 0.3) is 0 Å². The maximum atomic E-state index is 12.0. The molecule has 19 heavy (non-hydrogen) atoms. The zero-order valence-corrected chi connectivity index (χ0v) is 12.0. The van der Waals surface area contributed by atoms with Crippen molar-refractivity contribution < 1.29 is 9.53 Å². The van der Waals surface area contributed by atoms with E-state index in [9.17, 15) is 4.79 Å². The Balaban J connectivity index is 1.86. The van der Waals surface area contributed by atoms with E-state index in [2.05, 4.69) is 10.6 Å². The Morgan fingerprint density at radius 2 is 2.37 bits per heavy atom. The summed E-state index contributed by atoms with van der Waals surface area (Å²) < 4.78 is 5.62. The normalized spacial score (nSPS) is 18.6. The van der Waals surface area contributed by atoms with Crippen LogP contribution in [-0.2, 0) is 11.2 Å². The molecule has 1 aromatic rings. The van der Waals surface area contributed by atoms with Gasteiger partial charge in [-0.25, -0.2) is 0 Å². The first-order valence-electron chi connectivity index (χ1n) is 6.56. The highest BCUT2D eigenvalue weighted by Gasteiger charge is 2.29. The van der Waals surface area contributed by atoms with Gasteiger partial charge in [-0.05, 0) is 37.2 Å². The smallest absolute Gasteiger partial charge is 0.261 e. The summed E-state index contributed by atoms with van der Waals surface area (Å²) in [4.78, 5) is 12.0. The first-order chi connectivity index (χ1) is 9.10. The maximum absolute atomic E-state index is 12.0. The Hall–Kier alpha value is -1.26. The number of likely N-dealkylation sites (N-methyl/N-ethyl adjacent to an activating group) is 1. The molecule has 2 atom stereocenters. The minimum Gasteiger partial charge on any atom is -0.480 e. The monoisotopic (exact) mass is 282 g/mol. The van der Waals surface area contributed by atoms with Crippen LogP contribution in [0.1, 0.15) is 19.4 Å². The van der Waals surface area contributed by atoms with Crippen LogP contribution in [0.5, 0.6) is 5.75 Å². The van der Waals surface area contributed by atoms with E-state index in [1.54, 1.807) is 6.07 Å². The van der Waals surface area contributed by atoms with E-state index in [4.69, 9.17) is 16.3 Å². The average Bonchev–Trinajstić information content (AvgIpc) is 2.79. The standard InChI is InChI=1S/C14H19ClN2O2/c1-3-16-9(2)8-17-14(18)13-7-10-6-11(15)4-5-12(10)19-13/h4-6,9,13,16H,3,7-8H2,1-2H3,(H,17,18)/t9-,13?/m1/s1. The molecular weight excluding hydrogens is 264 g/mol. The van der Waals surface area contributed by atoms with Crippen LogP contribution in [0.15, 0.2) is 18.2 Å². The lowest BCUT2D eigenvalue weighted by atomic mass is 10.1. The molecule has 0 radical (unpaired) electrons. The van der Waals surface area contributed by atoms with Gasteiger partial charge >= 0.3 is 0 Å². The number of amides is 1. The first kappa shape index (κ1) is 14.2. The van der Waals surface area contributed by atoms with Crippen molar-refractivity contribution in [3.63, 3.8) is 0 Å². The van der Waals surface area contributed by atoms with E-state index >= 15 is 0 Å². The molecule has 2 rings (SSSR count). The number of halogens is 1. The lowest BCUT2D eigenvalue weighted by molar-refractivity contribution is -0.127. The van der Waals surface area contributed by atoms with Crippen molar-refractivity contribution >= 4 is 17.5 Å². The van der Waals surface area contributed by atoms with Crippen LogP contribution in [0.2, 0.25) is 5.02 Å². The molecule has 1 aliphatic heterocycles. The van der Waals surface area contributed by atoms with Crippen LogP contribution in [0, 0.1) is 0 Å². The Morgan fingerprint density at radius 3 is 3.11 bits per heavy atom. The highest BCUT2D eigenvalue weighted by Crippen LogP contribution is 2.30. The number of rotatable bonds is 5. The van der Waals surface area contributed by atoms with Gasteiger partial charge in [-0.1, -0.05) is 18.5 Å². The molecule has 0 spiro atoms. The lowest BCUT2D eigenvalue weighted by Gasteiger charge is -2.15. The van der Waals surface area contributed by atoms with Gasteiger partial charge in [-0.15, -0.1) is 0 Å². The minimum atomic E-state index is -0.442. The van der Waals surface area contributed by atoms with Crippen LogP contribution >= 0.6 is 11.6 Å². The SMILES string of the molecule is CCN[C@H](C)CNC(=O)C1Cc2cc(Cl)ccc2O1. The Labute approximate surface area is 118 Å². The molecule has 0 aliphatic carbocycles. The van der Waals surface area contributed by atoms with Crippen LogP contribution in [0.3, 0.4) is 0 Å². The van der Waals surface area contributed by atoms with E-state index in [1.165, 1.54) is 0 Å². The molecule has 0 bridgehead atoms. The highest BCUT2D eigenvalue weighted by atomic mass is 35.5. The molecule has 5 heteroatoms. The summed E-state index contributed by atoms with van der Waals surface area (Å²) in [6.45, 7) is 5.57. The van der Waals surface area contributed by atoms with Crippen molar-refractivity contribution in [2.24, 2.45) is 0 Å². The lowest BCUT2D eigenvalue weighted by Crippen LogP contribution is -2.44. The molecule has 1 heterocycles. The molecular formula is C14H19ClN2O2. The summed E-state index contributed by atoms with van der Waals surface area (Å²) in [5, 5.41) is 6.81. The van der Waals surface area contributed by atoms with Gasteiger partial charge in [0.15, 0.2) is 6.10 Å². The molecule has 0 saturated heterocycles. The zero-order chi connectivity index (χ0) is 13.8. The van der Waals surface area contributed by atoms with E-state index < -0.39 is 6.10 Å². The second-order valence-electron chi connectivity index (χ2n) is 4.77. The van der Waals surface area contributed by atoms with Crippen molar-refractivity contribution in [1.29, 1.82) is 0 Å². The second kappa shape index (κ2) is 6.26. The van der Waals surface area contributed by atoms with Crippen molar-refractivity contribution in [2.45, 2.75) is 32.4 Å². The van der Waals surface area contributed by atoms with Crippen molar-refractivity contribution in [2.75, 3.05) is 13.1 Å². The number of fused-ring (bicyclic) bond motifs is 1. The van der Waals surface area contributed by atoms with Gasteiger partial charge in [0, 0.05) is 24.0 Å². The third-order valence-electron chi connectivity index (χ3n) is 3.12. The Kier molecular flexibility index (Phi) is 4.66. The van der Waals surface area contributed by atoms with Gasteiger partial charge in [-0.2, -0.15) is 0 Å². The minimum absolute atomic E-state index is 0.0722. The number of carbonyl (C=O) groups excluding carboxylic acids is 1. The molecule has 0 aromatic heterocycles. The van der Waals surface area contributed by atoms with Crippen LogP contribution < -0.4 is 15.4 Å². The fourth-order valence-electron chi connectivity index (χ4n) is 2.15. The van der Waals surface area contributed by atoms with Crippen LogP contribution in [-0.4, -0.2) is 31.1 Å². The van der Waals surface area contributed by atoms with E-state index in [1.807, 2.05) is 26.0 Å². The van der Waals surface area contributed by atoms with Gasteiger partial charge in [0.25, 0.3) is 5.91 Å². The zero-order valence-electron chi connectivity index (χ0n) is 11.2. The number of hydrogen-bond acceptors (Lipinski definition) is 3. The number of hydrogen-bond donors (Lipinski definition) is 2. The molecule has 4 nitrogen and oxygen atoms in total.